The Morgan fingerprint density at radius 1 is 1.17 bits per heavy atom. The molecule has 0 amide bonds. The molecule has 1 heterocycles. The fourth-order valence-corrected chi connectivity index (χ4v) is 4.25. The maximum absolute atomic E-state index is 11.7. The normalized spacial score (nSPS) is 24.1. The molecule has 0 aromatic heterocycles. The van der Waals surface area contributed by atoms with E-state index in [9.17, 15) is 9.90 Å². The highest BCUT2D eigenvalue weighted by Gasteiger charge is 2.39. The number of carbonyl (C=O) groups is 1. The summed E-state index contributed by atoms with van der Waals surface area (Å²) in [6.07, 6.45) is 6.47. The minimum Gasteiger partial charge on any atom is -0.478 e. The Hall–Kier alpha value is -2.55. The van der Waals surface area contributed by atoms with Crippen LogP contribution < -0.4 is 5.32 Å². The Labute approximate surface area is 142 Å². The van der Waals surface area contributed by atoms with Crippen LogP contribution in [0.1, 0.15) is 52.4 Å². The lowest BCUT2D eigenvalue weighted by molar-refractivity contribution is 0.0694. The van der Waals surface area contributed by atoms with E-state index in [1.54, 1.807) is 12.1 Å². The number of rotatable bonds is 3. The van der Waals surface area contributed by atoms with Crippen LogP contribution in [0.25, 0.3) is 0 Å². The molecule has 0 saturated heterocycles. The smallest absolute Gasteiger partial charge is 0.336 e. The number of anilines is 1. The first-order chi connectivity index (χ1) is 11.7. The summed E-state index contributed by atoms with van der Waals surface area (Å²) < 4.78 is 0. The molecule has 0 saturated carbocycles. The van der Waals surface area contributed by atoms with E-state index in [1.807, 2.05) is 12.1 Å². The topological polar surface area (TPSA) is 49.3 Å². The fourth-order valence-electron chi connectivity index (χ4n) is 4.25. The number of aromatic carboxylic acids is 1. The lowest BCUT2D eigenvalue weighted by atomic mass is 9.75. The van der Waals surface area contributed by atoms with Crippen LogP contribution in [0.15, 0.2) is 54.6 Å². The number of nitrogens with one attached hydrogen (secondary N) is 1. The first kappa shape index (κ1) is 15.0. The minimum absolute atomic E-state index is 0.0255. The van der Waals surface area contributed by atoms with Crippen molar-refractivity contribution in [2.24, 2.45) is 5.92 Å². The van der Waals surface area contributed by atoms with Crippen molar-refractivity contribution in [3.63, 3.8) is 0 Å². The van der Waals surface area contributed by atoms with Gasteiger partial charge in [-0.1, -0.05) is 55.5 Å². The molecule has 0 radical (unpaired) electrons. The van der Waals surface area contributed by atoms with Crippen LogP contribution in [-0.2, 0) is 6.42 Å². The molecular formula is C21H21NO2. The number of carboxylic acid groups (broad SMARTS) is 1. The molecule has 0 unspecified atom stereocenters. The molecule has 24 heavy (non-hydrogen) atoms. The molecule has 3 heteroatoms. The van der Waals surface area contributed by atoms with Crippen LogP contribution in [0, 0.1) is 5.92 Å². The van der Waals surface area contributed by atoms with E-state index in [0.717, 1.165) is 18.4 Å². The fraction of sp³-hybridized carbons (Fsp3) is 0.286. The summed E-state index contributed by atoms with van der Waals surface area (Å²) in [6, 6.07) is 13.9. The molecular weight excluding hydrogens is 298 g/mol. The van der Waals surface area contributed by atoms with Gasteiger partial charge in [0.2, 0.25) is 0 Å². The third kappa shape index (κ3) is 2.23. The Morgan fingerprint density at radius 3 is 2.75 bits per heavy atom. The molecule has 0 spiro atoms. The second-order valence-electron chi connectivity index (χ2n) is 6.60. The second kappa shape index (κ2) is 5.82. The summed E-state index contributed by atoms with van der Waals surface area (Å²) in [6.45, 7) is 2.16. The zero-order valence-corrected chi connectivity index (χ0v) is 13.7. The Morgan fingerprint density at radius 2 is 1.96 bits per heavy atom. The van der Waals surface area contributed by atoms with E-state index in [4.69, 9.17) is 0 Å². The highest BCUT2D eigenvalue weighted by molar-refractivity contribution is 5.90. The molecule has 2 aromatic carbocycles. The molecule has 0 fully saturated rings. The van der Waals surface area contributed by atoms with Crippen molar-refractivity contribution in [1.82, 2.24) is 0 Å². The number of hydrogen-bond acceptors (Lipinski definition) is 2. The van der Waals surface area contributed by atoms with Crippen molar-refractivity contribution in [1.29, 1.82) is 0 Å². The van der Waals surface area contributed by atoms with Crippen LogP contribution in [0.4, 0.5) is 5.69 Å². The molecule has 3 nitrogen and oxygen atoms in total. The number of fused-ring (bicyclic) bond motifs is 3. The third-order valence-electron chi connectivity index (χ3n) is 5.39. The Kier molecular flexibility index (Phi) is 3.64. The van der Waals surface area contributed by atoms with E-state index in [0.29, 0.717) is 17.4 Å². The summed E-state index contributed by atoms with van der Waals surface area (Å²) >= 11 is 0. The highest BCUT2D eigenvalue weighted by Crippen LogP contribution is 2.51. The maximum Gasteiger partial charge on any atom is 0.336 e. The van der Waals surface area contributed by atoms with Gasteiger partial charge in [-0.25, -0.2) is 4.79 Å². The molecule has 2 N–H and O–H groups in total. The van der Waals surface area contributed by atoms with Crippen LogP contribution in [0.5, 0.6) is 0 Å². The number of para-hydroxylation sites is 1. The number of aryl methyl sites for hydroxylation is 1. The van der Waals surface area contributed by atoms with Gasteiger partial charge in [-0.2, -0.15) is 0 Å². The lowest BCUT2D eigenvalue weighted by Crippen LogP contribution is -2.31. The highest BCUT2D eigenvalue weighted by atomic mass is 16.4. The zero-order valence-electron chi connectivity index (χ0n) is 13.7. The molecule has 3 atom stereocenters. The van der Waals surface area contributed by atoms with Gasteiger partial charge in [0.15, 0.2) is 0 Å². The lowest BCUT2D eigenvalue weighted by Gasteiger charge is -2.39. The minimum atomic E-state index is -0.857. The van der Waals surface area contributed by atoms with E-state index in [-0.39, 0.29) is 6.04 Å². The van der Waals surface area contributed by atoms with Crippen molar-refractivity contribution in [2.45, 2.75) is 31.7 Å². The van der Waals surface area contributed by atoms with Crippen LogP contribution in [-0.4, -0.2) is 11.1 Å². The Bertz CT molecular complexity index is 824. The van der Waals surface area contributed by atoms with Gasteiger partial charge in [0, 0.05) is 11.6 Å². The molecule has 0 bridgehead atoms. The molecule has 4 rings (SSSR count). The van der Waals surface area contributed by atoms with Gasteiger partial charge in [-0.15, -0.1) is 0 Å². The van der Waals surface area contributed by atoms with Gasteiger partial charge in [0.1, 0.15) is 0 Å². The Balaban J connectivity index is 1.86. The molecule has 1 aliphatic heterocycles. The predicted molar refractivity (Wildman–Crippen MR) is 95.6 cm³/mol. The van der Waals surface area contributed by atoms with Crippen molar-refractivity contribution >= 4 is 11.7 Å². The van der Waals surface area contributed by atoms with Gasteiger partial charge in [0.25, 0.3) is 0 Å². The van der Waals surface area contributed by atoms with Crippen molar-refractivity contribution in [2.75, 3.05) is 5.32 Å². The zero-order chi connectivity index (χ0) is 16.7. The average Bonchev–Trinajstić information content (AvgIpc) is 3.10. The molecule has 1 aliphatic carbocycles. The number of hydrogen-bond donors (Lipinski definition) is 2. The van der Waals surface area contributed by atoms with Gasteiger partial charge >= 0.3 is 5.97 Å². The summed E-state index contributed by atoms with van der Waals surface area (Å²) in [4.78, 5) is 11.7. The van der Waals surface area contributed by atoms with E-state index in [2.05, 4.69) is 42.6 Å². The van der Waals surface area contributed by atoms with Crippen LogP contribution in [0.2, 0.25) is 0 Å². The average molecular weight is 319 g/mol. The van der Waals surface area contributed by atoms with Crippen molar-refractivity contribution in [3.05, 3.63) is 76.9 Å². The predicted octanol–water partition coefficient (Wildman–Crippen LogP) is 4.77. The standard InChI is InChI=1S/C21H21NO2/c1-2-13-7-5-11-15-14-10-6-12-16(14)20(22-19(13)15)17-8-3-4-9-18(17)21(23)24/h3-11,14,16,20,22H,2,12H2,1H3,(H,23,24)/t14-,16-,20+/m1/s1. The molecule has 2 aromatic rings. The summed E-state index contributed by atoms with van der Waals surface area (Å²) in [7, 11) is 0. The SMILES string of the molecule is CCc1cccc2c1N[C@H](c1ccccc1C(=O)O)[C@@H]1CC=C[C@H]21. The first-order valence-electron chi connectivity index (χ1n) is 8.58. The monoisotopic (exact) mass is 319 g/mol. The summed E-state index contributed by atoms with van der Waals surface area (Å²) in [5, 5.41) is 13.3. The quantitative estimate of drug-likeness (QED) is 0.801. The molecule has 122 valence electrons. The van der Waals surface area contributed by atoms with Gasteiger partial charge < -0.3 is 10.4 Å². The van der Waals surface area contributed by atoms with Gasteiger partial charge in [-0.05, 0) is 41.5 Å². The molecule has 2 aliphatic rings. The number of allylic oxidation sites excluding steroid dienone is 2. The number of benzene rings is 2. The second-order valence-corrected chi connectivity index (χ2v) is 6.60. The van der Waals surface area contributed by atoms with E-state index in [1.165, 1.54) is 16.8 Å². The van der Waals surface area contributed by atoms with Gasteiger partial charge in [0.05, 0.1) is 11.6 Å². The van der Waals surface area contributed by atoms with Gasteiger partial charge in [-0.3, -0.25) is 0 Å². The van der Waals surface area contributed by atoms with Crippen molar-refractivity contribution in [3.8, 4) is 0 Å². The van der Waals surface area contributed by atoms with E-state index < -0.39 is 5.97 Å². The van der Waals surface area contributed by atoms with Crippen molar-refractivity contribution < 1.29 is 9.90 Å². The largest absolute Gasteiger partial charge is 0.478 e. The van der Waals surface area contributed by atoms with Crippen LogP contribution >= 0.6 is 0 Å². The van der Waals surface area contributed by atoms with E-state index >= 15 is 0 Å². The maximum atomic E-state index is 11.7. The number of carboxylic acids is 1. The summed E-state index contributed by atoms with van der Waals surface area (Å²) in [5.74, 6) is -0.130. The summed E-state index contributed by atoms with van der Waals surface area (Å²) in [5.41, 5.74) is 5.12. The first-order valence-corrected chi connectivity index (χ1v) is 8.58. The third-order valence-corrected chi connectivity index (χ3v) is 5.39. The van der Waals surface area contributed by atoms with Crippen LogP contribution in [0.3, 0.4) is 0 Å².